The van der Waals surface area contributed by atoms with Crippen LogP contribution in [0.2, 0.25) is 0 Å². The molecule has 0 spiro atoms. The SMILES string of the molecule is C=C(C)CNC(=S)NNC(=S)Nc1ccc(C)cc1. The molecule has 1 rings (SSSR count). The fourth-order valence-electron chi connectivity index (χ4n) is 1.19. The smallest absolute Gasteiger partial charge is 0.189 e. The van der Waals surface area contributed by atoms with Gasteiger partial charge in [0, 0.05) is 12.2 Å². The second-order valence-corrected chi connectivity index (χ2v) is 5.03. The Kier molecular flexibility index (Phi) is 6.24. The summed E-state index contributed by atoms with van der Waals surface area (Å²) in [6.45, 7) is 8.37. The van der Waals surface area contributed by atoms with Gasteiger partial charge >= 0.3 is 0 Å². The minimum absolute atomic E-state index is 0.448. The monoisotopic (exact) mass is 294 g/mol. The molecule has 0 saturated carbocycles. The lowest BCUT2D eigenvalue weighted by atomic mass is 10.2. The predicted octanol–water partition coefficient (Wildman–Crippen LogP) is 2.24. The van der Waals surface area contributed by atoms with Crippen molar-refractivity contribution >= 4 is 40.3 Å². The van der Waals surface area contributed by atoms with E-state index in [4.69, 9.17) is 24.4 Å². The van der Waals surface area contributed by atoms with E-state index < -0.39 is 0 Å². The fourth-order valence-corrected chi connectivity index (χ4v) is 1.48. The van der Waals surface area contributed by atoms with E-state index in [1.54, 1.807) is 0 Å². The first-order chi connectivity index (χ1) is 8.97. The molecule has 0 bridgehead atoms. The van der Waals surface area contributed by atoms with E-state index in [2.05, 4.69) is 28.1 Å². The van der Waals surface area contributed by atoms with E-state index in [0.29, 0.717) is 16.8 Å². The lowest BCUT2D eigenvalue weighted by molar-refractivity contribution is 0.831. The third kappa shape index (κ3) is 6.73. The Morgan fingerprint density at radius 2 is 1.68 bits per heavy atom. The molecule has 0 aliphatic rings. The van der Waals surface area contributed by atoms with Gasteiger partial charge in [-0.05, 0) is 50.4 Å². The summed E-state index contributed by atoms with van der Waals surface area (Å²) in [6.07, 6.45) is 0. The quantitative estimate of drug-likeness (QED) is 0.390. The molecule has 1 aromatic carbocycles. The van der Waals surface area contributed by atoms with Crippen molar-refractivity contribution < 1.29 is 0 Å². The average molecular weight is 294 g/mol. The van der Waals surface area contributed by atoms with Crippen LogP contribution in [0.4, 0.5) is 5.69 Å². The summed E-state index contributed by atoms with van der Waals surface area (Å²) < 4.78 is 0. The maximum Gasteiger partial charge on any atom is 0.189 e. The molecule has 0 saturated heterocycles. The molecule has 19 heavy (non-hydrogen) atoms. The zero-order valence-corrected chi connectivity index (χ0v) is 12.7. The molecule has 4 N–H and O–H groups in total. The predicted molar refractivity (Wildman–Crippen MR) is 89.1 cm³/mol. The van der Waals surface area contributed by atoms with Crippen molar-refractivity contribution in [3.05, 3.63) is 42.0 Å². The van der Waals surface area contributed by atoms with Crippen molar-refractivity contribution in [2.75, 3.05) is 11.9 Å². The molecule has 102 valence electrons. The van der Waals surface area contributed by atoms with E-state index >= 15 is 0 Å². The molecule has 0 fully saturated rings. The van der Waals surface area contributed by atoms with E-state index in [9.17, 15) is 0 Å². The van der Waals surface area contributed by atoms with Crippen LogP contribution in [0.3, 0.4) is 0 Å². The summed E-state index contributed by atoms with van der Waals surface area (Å²) in [5.74, 6) is 0. The van der Waals surface area contributed by atoms with E-state index in [0.717, 1.165) is 11.3 Å². The minimum Gasteiger partial charge on any atom is -0.358 e. The van der Waals surface area contributed by atoms with Crippen LogP contribution in [0.1, 0.15) is 12.5 Å². The van der Waals surface area contributed by atoms with Crippen LogP contribution < -0.4 is 21.5 Å². The maximum absolute atomic E-state index is 5.13. The van der Waals surface area contributed by atoms with Crippen LogP contribution in [-0.4, -0.2) is 16.8 Å². The molecule has 0 radical (unpaired) electrons. The number of benzene rings is 1. The molecular formula is C13H18N4S2. The molecule has 0 aliphatic carbocycles. The van der Waals surface area contributed by atoms with Gasteiger partial charge in [-0.2, -0.15) is 0 Å². The van der Waals surface area contributed by atoms with Gasteiger partial charge in [-0.3, -0.25) is 10.9 Å². The van der Waals surface area contributed by atoms with Crippen LogP contribution in [0, 0.1) is 6.92 Å². The number of hydrogen-bond donors (Lipinski definition) is 4. The Morgan fingerprint density at radius 1 is 1.11 bits per heavy atom. The van der Waals surface area contributed by atoms with Gasteiger partial charge in [0.1, 0.15) is 0 Å². The normalized spacial score (nSPS) is 9.37. The van der Waals surface area contributed by atoms with Gasteiger partial charge < -0.3 is 10.6 Å². The fraction of sp³-hybridized carbons (Fsp3) is 0.231. The second-order valence-electron chi connectivity index (χ2n) is 4.21. The zero-order valence-electron chi connectivity index (χ0n) is 11.0. The van der Waals surface area contributed by atoms with Crippen molar-refractivity contribution in [3.63, 3.8) is 0 Å². The molecule has 0 aromatic heterocycles. The molecule has 0 heterocycles. The van der Waals surface area contributed by atoms with Gasteiger partial charge in [-0.15, -0.1) is 0 Å². The average Bonchev–Trinajstić information content (AvgIpc) is 2.36. The van der Waals surface area contributed by atoms with Crippen molar-refractivity contribution in [1.29, 1.82) is 0 Å². The number of hydrazine groups is 1. The summed E-state index contributed by atoms with van der Waals surface area (Å²) in [5, 5.41) is 6.94. The van der Waals surface area contributed by atoms with Crippen LogP contribution >= 0.6 is 24.4 Å². The molecule has 6 heteroatoms. The first kappa shape index (κ1) is 15.4. The highest BCUT2D eigenvalue weighted by molar-refractivity contribution is 7.80. The summed E-state index contributed by atoms with van der Waals surface area (Å²) in [5.41, 5.74) is 8.73. The zero-order chi connectivity index (χ0) is 14.3. The van der Waals surface area contributed by atoms with Crippen molar-refractivity contribution in [2.24, 2.45) is 0 Å². The Bertz CT molecular complexity index is 468. The lowest BCUT2D eigenvalue weighted by Gasteiger charge is -2.14. The Morgan fingerprint density at radius 3 is 2.26 bits per heavy atom. The number of rotatable bonds is 3. The van der Waals surface area contributed by atoms with Gasteiger partial charge in [-0.1, -0.05) is 29.8 Å². The van der Waals surface area contributed by atoms with Gasteiger partial charge in [0.2, 0.25) is 0 Å². The van der Waals surface area contributed by atoms with Crippen molar-refractivity contribution in [1.82, 2.24) is 16.2 Å². The highest BCUT2D eigenvalue weighted by atomic mass is 32.1. The van der Waals surface area contributed by atoms with Crippen LogP contribution in [-0.2, 0) is 0 Å². The van der Waals surface area contributed by atoms with Crippen LogP contribution in [0.5, 0.6) is 0 Å². The molecular weight excluding hydrogens is 276 g/mol. The Labute approximate surface area is 124 Å². The molecule has 0 amide bonds. The first-order valence-electron chi connectivity index (χ1n) is 5.79. The van der Waals surface area contributed by atoms with Crippen LogP contribution in [0.25, 0.3) is 0 Å². The van der Waals surface area contributed by atoms with Crippen molar-refractivity contribution in [2.45, 2.75) is 13.8 Å². The second kappa shape index (κ2) is 7.70. The molecule has 0 aliphatic heterocycles. The topological polar surface area (TPSA) is 48.1 Å². The van der Waals surface area contributed by atoms with E-state index in [-0.39, 0.29) is 0 Å². The third-order valence-electron chi connectivity index (χ3n) is 2.15. The van der Waals surface area contributed by atoms with E-state index in [1.165, 1.54) is 5.56 Å². The summed E-state index contributed by atoms with van der Waals surface area (Å²) >= 11 is 10.2. The molecule has 4 nitrogen and oxygen atoms in total. The highest BCUT2D eigenvalue weighted by Crippen LogP contribution is 2.07. The lowest BCUT2D eigenvalue weighted by Crippen LogP contribution is -2.48. The van der Waals surface area contributed by atoms with Crippen molar-refractivity contribution in [3.8, 4) is 0 Å². The summed E-state index contributed by atoms with van der Waals surface area (Å²) in [7, 11) is 0. The molecule has 0 unspecified atom stereocenters. The van der Waals surface area contributed by atoms with Crippen LogP contribution in [0.15, 0.2) is 36.4 Å². The number of thiocarbonyl (C=S) groups is 2. The standard InChI is InChI=1S/C13H18N4S2/c1-9(2)8-14-12(18)16-17-13(19)15-11-6-4-10(3)5-7-11/h4-7H,1,8H2,2-3H3,(H2,14,16,18)(H2,15,17,19). The van der Waals surface area contributed by atoms with E-state index in [1.807, 2.05) is 38.1 Å². The number of aryl methyl sites for hydroxylation is 1. The highest BCUT2D eigenvalue weighted by Gasteiger charge is 1.98. The summed E-state index contributed by atoms with van der Waals surface area (Å²) in [4.78, 5) is 0. The summed E-state index contributed by atoms with van der Waals surface area (Å²) in [6, 6.07) is 7.94. The number of anilines is 1. The van der Waals surface area contributed by atoms with Gasteiger partial charge in [0.15, 0.2) is 10.2 Å². The largest absolute Gasteiger partial charge is 0.358 e. The first-order valence-corrected chi connectivity index (χ1v) is 6.61. The van der Waals surface area contributed by atoms with Gasteiger partial charge in [0.05, 0.1) is 0 Å². The third-order valence-corrected chi connectivity index (χ3v) is 2.60. The van der Waals surface area contributed by atoms with Gasteiger partial charge in [-0.25, -0.2) is 0 Å². The molecule has 1 aromatic rings. The minimum atomic E-state index is 0.448. The Hall–Kier alpha value is -1.66. The number of nitrogens with one attached hydrogen (secondary N) is 4. The van der Waals surface area contributed by atoms with Gasteiger partial charge in [0.25, 0.3) is 0 Å². The Balaban J connectivity index is 2.29. The molecule has 0 atom stereocenters. The maximum atomic E-state index is 5.13. The number of hydrogen-bond acceptors (Lipinski definition) is 2.